The average molecular weight is 435 g/mol. The van der Waals surface area contributed by atoms with Crippen LogP contribution in [0.5, 0.6) is 0 Å². The van der Waals surface area contributed by atoms with Crippen molar-refractivity contribution in [2.45, 2.75) is 25.7 Å². The lowest BCUT2D eigenvalue weighted by molar-refractivity contribution is 0.0566. The van der Waals surface area contributed by atoms with Crippen molar-refractivity contribution in [2.75, 3.05) is 52.5 Å². The zero-order valence-electron chi connectivity index (χ0n) is 17.0. The Balaban J connectivity index is 1.50. The van der Waals surface area contributed by atoms with Gasteiger partial charge in [0.15, 0.2) is 6.61 Å². The van der Waals surface area contributed by atoms with Crippen molar-refractivity contribution in [3.05, 3.63) is 16.1 Å². The zero-order chi connectivity index (χ0) is 21.5. The molecule has 0 atom stereocenters. The zero-order valence-corrected chi connectivity index (χ0v) is 17.9. The van der Waals surface area contributed by atoms with Crippen LogP contribution in [0.3, 0.4) is 0 Å². The number of likely N-dealkylation sites (tertiary alicyclic amines) is 1. The maximum atomic E-state index is 12.8. The van der Waals surface area contributed by atoms with Gasteiger partial charge in [-0.25, -0.2) is 14.6 Å². The van der Waals surface area contributed by atoms with E-state index in [1.807, 2.05) is 0 Å². The number of rotatable bonds is 4. The van der Waals surface area contributed by atoms with E-state index in [1.165, 1.54) is 11.3 Å². The molecule has 0 unspecified atom stereocenters. The molecule has 30 heavy (non-hydrogen) atoms. The SMILES string of the molecule is C#CCOC(=O)N1CCC(c2nc(C(=O)N3CCN(C(=O)OCC)CC3)cs2)CC1. The normalized spacial score (nSPS) is 17.4. The maximum Gasteiger partial charge on any atom is 0.410 e. The van der Waals surface area contributed by atoms with Gasteiger partial charge in [-0.2, -0.15) is 0 Å². The summed E-state index contributed by atoms with van der Waals surface area (Å²) in [6, 6.07) is 0. The Bertz CT molecular complexity index is 804. The first-order chi connectivity index (χ1) is 14.5. The van der Waals surface area contributed by atoms with Crippen molar-refractivity contribution in [1.82, 2.24) is 19.7 Å². The Kier molecular flexibility index (Phi) is 7.52. The molecule has 0 radical (unpaired) electrons. The Morgan fingerprint density at radius 1 is 1.07 bits per heavy atom. The number of terminal acetylenes is 1. The quantitative estimate of drug-likeness (QED) is 0.673. The van der Waals surface area contributed by atoms with E-state index in [0.717, 1.165) is 17.8 Å². The van der Waals surface area contributed by atoms with E-state index in [2.05, 4.69) is 10.9 Å². The van der Waals surface area contributed by atoms with Crippen molar-refractivity contribution in [3.63, 3.8) is 0 Å². The molecule has 9 nitrogen and oxygen atoms in total. The maximum absolute atomic E-state index is 12.8. The third-order valence-electron chi connectivity index (χ3n) is 5.22. The van der Waals surface area contributed by atoms with E-state index < -0.39 is 0 Å². The predicted molar refractivity (Wildman–Crippen MR) is 110 cm³/mol. The van der Waals surface area contributed by atoms with Crippen molar-refractivity contribution in [1.29, 1.82) is 0 Å². The number of thiazole rings is 1. The van der Waals surface area contributed by atoms with Gasteiger partial charge in [-0.05, 0) is 19.8 Å². The first-order valence-corrected chi connectivity index (χ1v) is 10.9. The van der Waals surface area contributed by atoms with E-state index in [4.69, 9.17) is 15.9 Å². The second kappa shape index (κ2) is 10.3. The van der Waals surface area contributed by atoms with Gasteiger partial charge in [0.2, 0.25) is 0 Å². The predicted octanol–water partition coefficient (Wildman–Crippen LogP) is 2.01. The van der Waals surface area contributed by atoms with Gasteiger partial charge in [-0.3, -0.25) is 4.79 Å². The standard InChI is InChI=1S/C20H26N4O5S/c1-3-13-29-20(27)23-7-5-15(6-8-23)17-21-16(14-30-17)18(25)22-9-11-24(12-10-22)19(26)28-4-2/h1,14-15H,4-13H2,2H3. The Morgan fingerprint density at radius 3 is 2.30 bits per heavy atom. The summed E-state index contributed by atoms with van der Waals surface area (Å²) in [5, 5.41) is 2.71. The van der Waals surface area contributed by atoms with Gasteiger partial charge in [-0.1, -0.05) is 5.92 Å². The highest BCUT2D eigenvalue weighted by atomic mass is 32.1. The molecule has 10 heteroatoms. The van der Waals surface area contributed by atoms with Gasteiger partial charge < -0.3 is 24.2 Å². The summed E-state index contributed by atoms with van der Waals surface area (Å²) in [6.07, 6.45) is 5.92. The molecule has 2 aliphatic rings. The lowest BCUT2D eigenvalue weighted by Crippen LogP contribution is -2.50. The molecule has 2 fully saturated rings. The summed E-state index contributed by atoms with van der Waals surface area (Å²) >= 11 is 1.48. The first kappa shape index (κ1) is 21.9. The van der Waals surface area contributed by atoms with Crippen molar-refractivity contribution < 1.29 is 23.9 Å². The molecule has 3 heterocycles. The van der Waals surface area contributed by atoms with E-state index in [-0.39, 0.29) is 30.6 Å². The molecule has 2 saturated heterocycles. The van der Waals surface area contributed by atoms with Crippen LogP contribution in [-0.4, -0.2) is 90.3 Å². The number of piperidine rings is 1. The van der Waals surface area contributed by atoms with E-state index in [9.17, 15) is 14.4 Å². The highest BCUT2D eigenvalue weighted by Crippen LogP contribution is 2.31. The van der Waals surface area contributed by atoms with Crippen LogP contribution in [0.2, 0.25) is 0 Å². The van der Waals surface area contributed by atoms with Crippen molar-refractivity contribution in [2.24, 2.45) is 0 Å². The van der Waals surface area contributed by atoms with Crippen LogP contribution >= 0.6 is 11.3 Å². The molecule has 0 aromatic carbocycles. The van der Waals surface area contributed by atoms with Crippen LogP contribution in [-0.2, 0) is 9.47 Å². The molecule has 3 amide bonds. The van der Waals surface area contributed by atoms with Crippen molar-refractivity contribution >= 4 is 29.4 Å². The molecule has 0 N–H and O–H groups in total. The minimum absolute atomic E-state index is 0.0231. The van der Waals surface area contributed by atoms with Gasteiger partial charge in [0.1, 0.15) is 5.69 Å². The van der Waals surface area contributed by atoms with Crippen LogP contribution in [0.25, 0.3) is 0 Å². The number of aromatic nitrogens is 1. The van der Waals surface area contributed by atoms with Gasteiger partial charge in [0.05, 0.1) is 11.6 Å². The molecule has 1 aromatic rings. The topological polar surface area (TPSA) is 92.3 Å². The number of amides is 3. The second-order valence-corrected chi connectivity index (χ2v) is 7.96. The highest BCUT2D eigenvalue weighted by Gasteiger charge is 2.29. The van der Waals surface area contributed by atoms with Gasteiger partial charge in [0.25, 0.3) is 5.91 Å². The van der Waals surface area contributed by atoms with Crippen LogP contribution in [0.15, 0.2) is 5.38 Å². The molecule has 0 bridgehead atoms. The summed E-state index contributed by atoms with van der Waals surface area (Å²) in [5.41, 5.74) is 0.440. The monoisotopic (exact) mass is 434 g/mol. The Hall–Kier alpha value is -2.80. The number of piperazine rings is 1. The number of ether oxygens (including phenoxy) is 2. The van der Waals surface area contributed by atoms with Crippen LogP contribution < -0.4 is 0 Å². The van der Waals surface area contributed by atoms with Gasteiger partial charge in [0, 0.05) is 50.6 Å². The van der Waals surface area contributed by atoms with E-state index in [1.54, 1.807) is 27.0 Å². The molecule has 0 aliphatic carbocycles. The van der Waals surface area contributed by atoms with Crippen molar-refractivity contribution in [3.8, 4) is 12.3 Å². The van der Waals surface area contributed by atoms with Gasteiger partial charge in [-0.15, -0.1) is 17.8 Å². The fourth-order valence-corrected chi connectivity index (χ4v) is 4.51. The molecule has 2 aliphatic heterocycles. The fraction of sp³-hybridized carbons (Fsp3) is 0.600. The van der Waals surface area contributed by atoms with Gasteiger partial charge >= 0.3 is 12.2 Å². The Morgan fingerprint density at radius 2 is 1.67 bits per heavy atom. The lowest BCUT2D eigenvalue weighted by Gasteiger charge is -2.33. The third-order valence-corrected chi connectivity index (χ3v) is 6.22. The summed E-state index contributed by atoms with van der Waals surface area (Å²) in [4.78, 5) is 46.0. The van der Waals surface area contributed by atoms with E-state index in [0.29, 0.717) is 51.6 Å². The number of nitrogens with zero attached hydrogens (tertiary/aromatic N) is 4. The molecular formula is C20H26N4O5S. The third kappa shape index (κ3) is 5.21. The van der Waals surface area contributed by atoms with Crippen LogP contribution in [0.1, 0.15) is 41.2 Å². The minimum atomic E-state index is -0.386. The minimum Gasteiger partial charge on any atom is -0.450 e. The molecule has 0 saturated carbocycles. The highest BCUT2D eigenvalue weighted by molar-refractivity contribution is 7.09. The number of carbonyl (C=O) groups excluding carboxylic acids is 3. The largest absolute Gasteiger partial charge is 0.450 e. The number of hydrogen-bond donors (Lipinski definition) is 0. The second-order valence-electron chi connectivity index (χ2n) is 7.07. The molecule has 1 aromatic heterocycles. The lowest BCUT2D eigenvalue weighted by atomic mass is 9.98. The van der Waals surface area contributed by atoms with E-state index >= 15 is 0 Å². The summed E-state index contributed by atoms with van der Waals surface area (Å²) in [7, 11) is 0. The van der Waals surface area contributed by atoms with Crippen LogP contribution in [0.4, 0.5) is 9.59 Å². The Labute approximate surface area is 179 Å². The summed E-state index contributed by atoms with van der Waals surface area (Å²) in [5.74, 6) is 2.39. The average Bonchev–Trinajstić information content (AvgIpc) is 3.27. The smallest absolute Gasteiger partial charge is 0.410 e. The summed E-state index contributed by atoms with van der Waals surface area (Å²) < 4.78 is 9.97. The molecular weight excluding hydrogens is 408 g/mol. The fourth-order valence-electron chi connectivity index (χ4n) is 3.55. The molecule has 162 valence electrons. The number of carbonyl (C=O) groups is 3. The summed E-state index contributed by atoms with van der Waals surface area (Å²) in [6.45, 7) is 5.07. The van der Waals surface area contributed by atoms with Crippen LogP contribution in [0, 0.1) is 12.3 Å². The first-order valence-electron chi connectivity index (χ1n) is 10.0. The number of hydrogen-bond acceptors (Lipinski definition) is 7. The molecule has 0 spiro atoms. The molecule has 3 rings (SSSR count).